The lowest BCUT2D eigenvalue weighted by molar-refractivity contribution is -0.120. The Balaban J connectivity index is 1.43. The molecule has 1 atom stereocenters. The van der Waals surface area contributed by atoms with Gasteiger partial charge in [-0.1, -0.05) is 60.7 Å². The number of anilines is 1. The van der Waals surface area contributed by atoms with Crippen LogP contribution in [-0.4, -0.2) is 12.5 Å². The molecule has 1 amide bonds. The average molecular weight is 330 g/mol. The SMILES string of the molecule is O=C(CNc1cccc2ccccc12)NC1CCCc2ccccc21. The largest absolute Gasteiger partial charge is 0.376 e. The molecule has 0 saturated carbocycles. The molecule has 0 aliphatic heterocycles. The first-order valence-corrected chi connectivity index (χ1v) is 8.90. The Kier molecular flexibility index (Phi) is 4.38. The van der Waals surface area contributed by atoms with Gasteiger partial charge < -0.3 is 10.6 Å². The first kappa shape index (κ1) is 15.7. The molecule has 4 rings (SSSR count). The Morgan fingerprint density at radius 1 is 0.960 bits per heavy atom. The lowest BCUT2D eigenvalue weighted by Crippen LogP contribution is -2.35. The minimum absolute atomic E-state index is 0.0367. The molecule has 0 heterocycles. The molecule has 0 bridgehead atoms. The predicted molar refractivity (Wildman–Crippen MR) is 103 cm³/mol. The molecule has 3 aromatic carbocycles. The van der Waals surface area contributed by atoms with Crippen molar-refractivity contribution in [3.8, 4) is 0 Å². The molecule has 0 radical (unpaired) electrons. The smallest absolute Gasteiger partial charge is 0.239 e. The third-order valence-corrected chi connectivity index (χ3v) is 4.93. The van der Waals surface area contributed by atoms with Gasteiger partial charge in [0.2, 0.25) is 5.91 Å². The Morgan fingerprint density at radius 2 is 1.76 bits per heavy atom. The third kappa shape index (κ3) is 3.36. The summed E-state index contributed by atoms with van der Waals surface area (Å²) in [6.45, 7) is 0.284. The highest BCUT2D eigenvalue weighted by Gasteiger charge is 2.21. The number of benzene rings is 3. The van der Waals surface area contributed by atoms with Crippen LogP contribution in [0.5, 0.6) is 0 Å². The molecule has 126 valence electrons. The number of amides is 1. The molecule has 2 N–H and O–H groups in total. The van der Waals surface area contributed by atoms with Gasteiger partial charge in [0.15, 0.2) is 0 Å². The molecule has 1 aliphatic rings. The van der Waals surface area contributed by atoms with Gasteiger partial charge in [0, 0.05) is 11.1 Å². The molecular formula is C22H22N2O. The summed E-state index contributed by atoms with van der Waals surface area (Å²) in [5.41, 5.74) is 3.63. The molecule has 1 aliphatic carbocycles. The maximum Gasteiger partial charge on any atom is 0.239 e. The number of rotatable bonds is 4. The van der Waals surface area contributed by atoms with E-state index in [-0.39, 0.29) is 18.5 Å². The Labute approximate surface area is 148 Å². The standard InChI is InChI=1S/C22H22N2O/c25-22(24-21-14-6-10-17-8-2-4-12-19(17)21)15-23-20-13-5-9-16-7-1-3-11-18(16)20/h1-5,7-9,11-13,21,23H,6,10,14-15H2,(H,24,25). The van der Waals surface area contributed by atoms with Gasteiger partial charge in [0.05, 0.1) is 12.6 Å². The highest BCUT2D eigenvalue weighted by Crippen LogP contribution is 2.29. The first-order valence-electron chi connectivity index (χ1n) is 8.90. The van der Waals surface area contributed by atoms with Gasteiger partial charge in [-0.05, 0) is 41.8 Å². The summed E-state index contributed by atoms with van der Waals surface area (Å²) >= 11 is 0. The van der Waals surface area contributed by atoms with Gasteiger partial charge in [-0.2, -0.15) is 0 Å². The number of fused-ring (bicyclic) bond motifs is 2. The zero-order chi connectivity index (χ0) is 17.1. The lowest BCUT2D eigenvalue weighted by atomic mass is 9.88. The normalized spacial score (nSPS) is 16.2. The van der Waals surface area contributed by atoms with Gasteiger partial charge in [0.1, 0.15) is 0 Å². The van der Waals surface area contributed by atoms with E-state index in [2.05, 4.69) is 53.1 Å². The average Bonchev–Trinajstić information content (AvgIpc) is 2.66. The van der Waals surface area contributed by atoms with Gasteiger partial charge in [0.25, 0.3) is 0 Å². The summed E-state index contributed by atoms with van der Waals surface area (Å²) in [6.07, 6.45) is 3.24. The van der Waals surface area contributed by atoms with E-state index in [0.29, 0.717) is 0 Å². The summed E-state index contributed by atoms with van der Waals surface area (Å²) in [6, 6.07) is 22.9. The minimum atomic E-state index is 0.0367. The van der Waals surface area contributed by atoms with Crippen molar-refractivity contribution < 1.29 is 4.79 Å². The molecule has 3 nitrogen and oxygen atoms in total. The zero-order valence-corrected chi connectivity index (χ0v) is 14.2. The Bertz CT molecular complexity index is 898. The van der Waals surface area contributed by atoms with Gasteiger partial charge in [-0.3, -0.25) is 4.79 Å². The fourth-order valence-corrected chi connectivity index (χ4v) is 3.70. The third-order valence-electron chi connectivity index (χ3n) is 4.93. The number of hydrogen-bond acceptors (Lipinski definition) is 2. The highest BCUT2D eigenvalue weighted by molar-refractivity contribution is 5.95. The van der Waals surface area contributed by atoms with E-state index in [4.69, 9.17) is 0 Å². The van der Waals surface area contributed by atoms with Crippen LogP contribution in [0.3, 0.4) is 0 Å². The fourth-order valence-electron chi connectivity index (χ4n) is 3.70. The number of carbonyl (C=O) groups excluding carboxylic acids is 1. The molecule has 0 saturated heterocycles. The molecule has 3 aromatic rings. The number of nitrogens with one attached hydrogen (secondary N) is 2. The van der Waals surface area contributed by atoms with Crippen LogP contribution in [-0.2, 0) is 11.2 Å². The van der Waals surface area contributed by atoms with E-state index in [1.165, 1.54) is 16.5 Å². The van der Waals surface area contributed by atoms with Crippen molar-refractivity contribution in [3.05, 3.63) is 77.9 Å². The Hall–Kier alpha value is -2.81. The fraction of sp³-hybridized carbons (Fsp3) is 0.227. The summed E-state index contributed by atoms with van der Waals surface area (Å²) < 4.78 is 0. The highest BCUT2D eigenvalue weighted by atomic mass is 16.1. The monoisotopic (exact) mass is 330 g/mol. The molecule has 3 heteroatoms. The van der Waals surface area contributed by atoms with Gasteiger partial charge in [-0.15, -0.1) is 0 Å². The number of aryl methyl sites for hydroxylation is 1. The summed E-state index contributed by atoms with van der Waals surface area (Å²) in [4.78, 5) is 12.5. The molecule has 0 fully saturated rings. The van der Waals surface area contributed by atoms with E-state index in [1.807, 2.05) is 24.3 Å². The number of hydrogen-bond donors (Lipinski definition) is 2. The van der Waals surface area contributed by atoms with Crippen LogP contribution in [0.2, 0.25) is 0 Å². The molecule has 0 spiro atoms. The van der Waals surface area contributed by atoms with E-state index in [0.717, 1.165) is 30.3 Å². The van der Waals surface area contributed by atoms with E-state index < -0.39 is 0 Å². The maximum atomic E-state index is 12.5. The van der Waals surface area contributed by atoms with Crippen LogP contribution >= 0.6 is 0 Å². The number of carbonyl (C=O) groups is 1. The predicted octanol–water partition coefficient (Wildman–Crippen LogP) is 4.45. The maximum absolute atomic E-state index is 12.5. The van der Waals surface area contributed by atoms with Crippen LogP contribution in [0.4, 0.5) is 5.69 Å². The van der Waals surface area contributed by atoms with Crippen LogP contribution in [0.1, 0.15) is 30.0 Å². The first-order chi connectivity index (χ1) is 12.3. The van der Waals surface area contributed by atoms with Crippen molar-refractivity contribution in [3.63, 3.8) is 0 Å². The topological polar surface area (TPSA) is 41.1 Å². The summed E-state index contributed by atoms with van der Waals surface area (Å²) in [7, 11) is 0. The summed E-state index contributed by atoms with van der Waals surface area (Å²) in [5, 5.41) is 8.80. The molecule has 25 heavy (non-hydrogen) atoms. The second kappa shape index (κ2) is 6.98. The second-order valence-corrected chi connectivity index (χ2v) is 6.59. The molecule has 1 unspecified atom stereocenters. The van der Waals surface area contributed by atoms with E-state index in [9.17, 15) is 4.79 Å². The van der Waals surface area contributed by atoms with Crippen molar-refractivity contribution in [1.82, 2.24) is 5.32 Å². The van der Waals surface area contributed by atoms with Gasteiger partial charge >= 0.3 is 0 Å². The van der Waals surface area contributed by atoms with E-state index in [1.54, 1.807) is 0 Å². The van der Waals surface area contributed by atoms with Crippen molar-refractivity contribution in [2.45, 2.75) is 25.3 Å². The van der Waals surface area contributed by atoms with Crippen LogP contribution < -0.4 is 10.6 Å². The van der Waals surface area contributed by atoms with Crippen LogP contribution in [0, 0.1) is 0 Å². The quantitative estimate of drug-likeness (QED) is 0.742. The van der Waals surface area contributed by atoms with Crippen LogP contribution in [0.25, 0.3) is 10.8 Å². The lowest BCUT2D eigenvalue weighted by Gasteiger charge is -2.26. The van der Waals surface area contributed by atoms with Crippen molar-refractivity contribution in [2.24, 2.45) is 0 Å². The zero-order valence-electron chi connectivity index (χ0n) is 14.2. The van der Waals surface area contributed by atoms with E-state index >= 15 is 0 Å². The van der Waals surface area contributed by atoms with Gasteiger partial charge in [-0.25, -0.2) is 0 Å². The molecular weight excluding hydrogens is 308 g/mol. The summed E-state index contributed by atoms with van der Waals surface area (Å²) in [5.74, 6) is 0.0367. The van der Waals surface area contributed by atoms with Crippen LogP contribution in [0.15, 0.2) is 66.7 Å². The second-order valence-electron chi connectivity index (χ2n) is 6.59. The molecule has 0 aromatic heterocycles. The van der Waals surface area contributed by atoms with Crippen molar-refractivity contribution in [2.75, 3.05) is 11.9 Å². The Morgan fingerprint density at radius 3 is 2.72 bits per heavy atom. The minimum Gasteiger partial charge on any atom is -0.376 e. The van der Waals surface area contributed by atoms with Crippen molar-refractivity contribution >= 4 is 22.4 Å². The van der Waals surface area contributed by atoms with Crippen molar-refractivity contribution in [1.29, 1.82) is 0 Å².